The van der Waals surface area contributed by atoms with E-state index in [9.17, 15) is 0 Å². The maximum absolute atomic E-state index is 4.15. The van der Waals surface area contributed by atoms with Gasteiger partial charge in [0, 0.05) is 18.4 Å². The highest BCUT2D eigenvalue weighted by molar-refractivity contribution is 5.40. The van der Waals surface area contributed by atoms with Crippen molar-refractivity contribution in [3.8, 4) is 0 Å². The largest absolute Gasteiger partial charge is 0.381 e. The average molecular weight is 216 g/mol. The van der Waals surface area contributed by atoms with Crippen molar-refractivity contribution in [2.45, 2.75) is 44.6 Å². The van der Waals surface area contributed by atoms with Crippen LogP contribution in [0.5, 0.6) is 0 Å². The van der Waals surface area contributed by atoms with Gasteiger partial charge in [-0.25, -0.2) is 0 Å². The summed E-state index contributed by atoms with van der Waals surface area (Å²) in [6.45, 7) is 0. The molecule has 2 heteroatoms. The molecule has 0 amide bonds. The molecule has 0 saturated heterocycles. The summed E-state index contributed by atoms with van der Waals surface area (Å²) in [4.78, 5) is 4.15. The molecule has 2 atom stereocenters. The molecule has 0 radical (unpaired) electrons. The minimum Gasteiger partial charge on any atom is -0.381 e. The van der Waals surface area contributed by atoms with E-state index in [2.05, 4.69) is 16.4 Å². The van der Waals surface area contributed by atoms with E-state index in [1.54, 1.807) is 0 Å². The van der Waals surface area contributed by atoms with Crippen LogP contribution in [0.4, 0.5) is 5.69 Å². The standard InChI is InChI=1S/C14H20N2/c1-3-12(11-6-7-11)9-13(4-1)16-14-5-2-8-15-10-14/h2,5,8,10-13,16H,1,3-4,6-7,9H2. The van der Waals surface area contributed by atoms with Crippen molar-refractivity contribution in [3.05, 3.63) is 24.5 Å². The maximum atomic E-state index is 4.15. The van der Waals surface area contributed by atoms with Crippen LogP contribution in [0.3, 0.4) is 0 Å². The molecule has 16 heavy (non-hydrogen) atoms. The number of hydrogen-bond donors (Lipinski definition) is 1. The first-order chi connectivity index (χ1) is 7.92. The summed E-state index contributed by atoms with van der Waals surface area (Å²) in [5, 5.41) is 3.63. The normalized spacial score (nSPS) is 30.0. The second-order valence-electron chi connectivity index (χ2n) is 5.35. The predicted octanol–water partition coefficient (Wildman–Crippen LogP) is 3.46. The summed E-state index contributed by atoms with van der Waals surface area (Å²) in [5.41, 5.74) is 1.18. The zero-order chi connectivity index (χ0) is 10.8. The van der Waals surface area contributed by atoms with Gasteiger partial charge in [0.05, 0.1) is 5.69 Å². The average Bonchev–Trinajstić information content (AvgIpc) is 3.15. The minimum atomic E-state index is 0.684. The van der Waals surface area contributed by atoms with E-state index >= 15 is 0 Å². The molecule has 2 aliphatic rings. The van der Waals surface area contributed by atoms with Gasteiger partial charge in [0.1, 0.15) is 0 Å². The second-order valence-corrected chi connectivity index (χ2v) is 5.35. The molecule has 0 spiro atoms. The molecule has 0 aliphatic heterocycles. The lowest BCUT2D eigenvalue weighted by atomic mass is 9.82. The maximum Gasteiger partial charge on any atom is 0.0528 e. The van der Waals surface area contributed by atoms with Gasteiger partial charge in [-0.15, -0.1) is 0 Å². The number of rotatable bonds is 3. The Kier molecular flexibility index (Phi) is 2.81. The van der Waals surface area contributed by atoms with E-state index in [0.29, 0.717) is 6.04 Å². The first-order valence-corrected chi connectivity index (χ1v) is 6.58. The molecule has 2 unspecified atom stereocenters. The van der Waals surface area contributed by atoms with Gasteiger partial charge in [-0.2, -0.15) is 0 Å². The van der Waals surface area contributed by atoms with E-state index in [-0.39, 0.29) is 0 Å². The second kappa shape index (κ2) is 4.44. The Balaban J connectivity index is 1.58. The van der Waals surface area contributed by atoms with Crippen molar-refractivity contribution in [1.82, 2.24) is 4.98 Å². The Morgan fingerprint density at radius 2 is 2.06 bits per heavy atom. The first kappa shape index (κ1) is 10.1. The van der Waals surface area contributed by atoms with Crippen LogP contribution in [0.2, 0.25) is 0 Å². The number of aromatic nitrogens is 1. The summed E-state index contributed by atoms with van der Waals surface area (Å²) in [6, 6.07) is 4.81. The number of hydrogen-bond acceptors (Lipinski definition) is 2. The molecule has 1 heterocycles. The molecule has 2 saturated carbocycles. The van der Waals surface area contributed by atoms with Gasteiger partial charge in [-0.1, -0.05) is 12.8 Å². The quantitative estimate of drug-likeness (QED) is 0.837. The van der Waals surface area contributed by atoms with E-state index < -0.39 is 0 Å². The van der Waals surface area contributed by atoms with Crippen LogP contribution in [0.15, 0.2) is 24.5 Å². The summed E-state index contributed by atoms with van der Waals surface area (Å²) in [6.07, 6.45) is 12.3. The van der Waals surface area contributed by atoms with Crippen LogP contribution in [0.1, 0.15) is 38.5 Å². The Bertz CT molecular complexity index is 332. The van der Waals surface area contributed by atoms with Crippen molar-refractivity contribution < 1.29 is 0 Å². The van der Waals surface area contributed by atoms with Crippen LogP contribution in [-0.2, 0) is 0 Å². The minimum absolute atomic E-state index is 0.684. The van der Waals surface area contributed by atoms with Crippen molar-refractivity contribution >= 4 is 5.69 Å². The molecule has 86 valence electrons. The molecule has 2 aliphatic carbocycles. The molecule has 1 N–H and O–H groups in total. The highest BCUT2D eigenvalue weighted by atomic mass is 14.9. The smallest absolute Gasteiger partial charge is 0.0528 e. The predicted molar refractivity (Wildman–Crippen MR) is 66.3 cm³/mol. The van der Waals surface area contributed by atoms with Gasteiger partial charge < -0.3 is 5.32 Å². The third-order valence-electron chi connectivity index (χ3n) is 4.04. The summed E-state index contributed by atoms with van der Waals surface area (Å²) in [7, 11) is 0. The topological polar surface area (TPSA) is 24.9 Å². The highest BCUT2D eigenvalue weighted by Crippen LogP contribution is 2.44. The number of nitrogens with one attached hydrogen (secondary N) is 1. The molecular weight excluding hydrogens is 196 g/mol. The van der Waals surface area contributed by atoms with Crippen LogP contribution in [0, 0.1) is 11.8 Å². The van der Waals surface area contributed by atoms with E-state index in [0.717, 1.165) is 11.8 Å². The van der Waals surface area contributed by atoms with E-state index in [1.165, 1.54) is 44.2 Å². The van der Waals surface area contributed by atoms with Crippen LogP contribution < -0.4 is 5.32 Å². The summed E-state index contributed by atoms with van der Waals surface area (Å²) in [5.74, 6) is 2.07. The fourth-order valence-corrected chi connectivity index (χ4v) is 3.04. The monoisotopic (exact) mass is 216 g/mol. The lowest BCUT2D eigenvalue weighted by Gasteiger charge is -2.30. The van der Waals surface area contributed by atoms with Gasteiger partial charge in [-0.3, -0.25) is 4.98 Å². The zero-order valence-electron chi connectivity index (χ0n) is 9.73. The zero-order valence-corrected chi connectivity index (χ0v) is 9.73. The molecule has 1 aromatic rings. The van der Waals surface area contributed by atoms with Crippen LogP contribution in [0.25, 0.3) is 0 Å². The van der Waals surface area contributed by atoms with Gasteiger partial charge >= 0.3 is 0 Å². The molecule has 3 rings (SSSR count). The van der Waals surface area contributed by atoms with Crippen molar-refractivity contribution in [2.24, 2.45) is 11.8 Å². The van der Waals surface area contributed by atoms with Crippen LogP contribution >= 0.6 is 0 Å². The summed E-state index contributed by atoms with van der Waals surface area (Å²) < 4.78 is 0. The Hall–Kier alpha value is -1.05. The summed E-state index contributed by atoms with van der Waals surface area (Å²) >= 11 is 0. The number of pyridine rings is 1. The molecule has 1 aromatic heterocycles. The first-order valence-electron chi connectivity index (χ1n) is 6.58. The number of nitrogens with zero attached hydrogens (tertiary/aromatic N) is 1. The Morgan fingerprint density at radius 3 is 2.81 bits per heavy atom. The molecule has 2 fully saturated rings. The van der Waals surface area contributed by atoms with Crippen molar-refractivity contribution in [3.63, 3.8) is 0 Å². The lowest BCUT2D eigenvalue weighted by Crippen LogP contribution is -2.28. The highest BCUT2D eigenvalue weighted by Gasteiger charge is 2.34. The Morgan fingerprint density at radius 1 is 1.12 bits per heavy atom. The van der Waals surface area contributed by atoms with Crippen molar-refractivity contribution in [1.29, 1.82) is 0 Å². The van der Waals surface area contributed by atoms with Gasteiger partial charge in [0.25, 0.3) is 0 Å². The van der Waals surface area contributed by atoms with Gasteiger partial charge in [0.15, 0.2) is 0 Å². The van der Waals surface area contributed by atoms with Crippen molar-refractivity contribution in [2.75, 3.05) is 5.32 Å². The van der Waals surface area contributed by atoms with E-state index in [1.807, 2.05) is 18.5 Å². The third-order valence-corrected chi connectivity index (χ3v) is 4.04. The van der Waals surface area contributed by atoms with E-state index in [4.69, 9.17) is 0 Å². The molecule has 0 bridgehead atoms. The fraction of sp³-hybridized carbons (Fsp3) is 0.643. The van der Waals surface area contributed by atoms with Gasteiger partial charge in [-0.05, 0) is 49.7 Å². The number of anilines is 1. The molecule has 2 nitrogen and oxygen atoms in total. The van der Waals surface area contributed by atoms with Crippen LogP contribution in [-0.4, -0.2) is 11.0 Å². The molecular formula is C14H20N2. The molecule has 0 aromatic carbocycles. The lowest BCUT2D eigenvalue weighted by molar-refractivity contribution is 0.303. The Labute approximate surface area is 97.5 Å². The van der Waals surface area contributed by atoms with Gasteiger partial charge in [0.2, 0.25) is 0 Å². The SMILES string of the molecule is c1cncc(NC2CCCC(C3CC3)C2)c1. The fourth-order valence-electron chi connectivity index (χ4n) is 3.04. The third kappa shape index (κ3) is 2.37.